The molecule has 0 saturated carbocycles. The Morgan fingerprint density at radius 2 is 2.31 bits per heavy atom. The molecule has 5 nitrogen and oxygen atoms in total. The van der Waals surface area contributed by atoms with Crippen molar-refractivity contribution in [1.82, 2.24) is 0 Å². The standard InChI is InChI=1S/C7H13O5P/c1-5-4-6(8)7(12-5)2-3-13(9,10)11/h2-3,5-8H,4H2,1H3,(H2,9,10,11)/p-1/b3-2+/t5-,6?,7+/m0/s1. The molecule has 6 heteroatoms. The second-order valence-corrected chi connectivity index (χ2v) is 4.55. The van der Waals surface area contributed by atoms with Crippen LogP contribution in [0.2, 0.25) is 0 Å². The number of hydrogen-bond acceptors (Lipinski definition) is 4. The molecular formula is C7H12O5P-. The fourth-order valence-corrected chi connectivity index (χ4v) is 1.64. The molecule has 76 valence electrons. The van der Waals surface area contributed by atoms with Gasteiger partial charge in [0.2, 0.25) is 0 Å². The van der Waals surface area contributed by atoms with Gasteiger partial charge in [0.15, 0.2) is 7.60 Å². The summed E-state index contributed by atoms with van der Waals surface area (Å²) in [7, 11) is -4.39. The Hall–Kier alpha value is -0.190. The summed E-state index contributed by atoms with van der Waals surface area (Å²) in [4.78, 5) is 18.7. The quantitative estimate of drug-likeness (QED) is 0.600. The largest absolute Gasteiger partial charge is 0.776 e. The third-order valence-corrected chi connectivity index (χ3v) is 2.36. The van der Waals surface area contributed by atoms with Gasteiger partial charge >= 0.3 is 0 Å². The van der Waals surface area contributed by atoms with E-state index in [-0.39, 0.29) is 6.10 Å². The number of ether oxygens (including phenoxy) is 1. The molecule has 0 aliphatic carbocycles. The molecule has 0 aromatic heterocycles. The van der Waals surface area contributed by atoms with E-state index in [0.29, 0.717) is 12.2 Å². The van der Waals surface area contributed by atoms with Crippen LogP contribution < -0.4 is 4.89 Å². The van der Waals surface area contributed by atoms with Crippen LogP contribution in [0.15, 0.2) is 11.9 Å². The third kappa shape index (κ3) is 3.58. The number of aliphatic hydroxyl groups is 1. The van der Waals surface area contributed by atoms with E-state index in [9.17, 15) is 14.6 Å². The first-order chi connectivity index (χ1) is 5.88. The van der Waals surface area contributed by atoms with Crippen molar-refractivity contribution in [2.75, 3.05) is 0 Å². The maximum absolute atomic E-state index is 10.3. The van der Waals surface area contributed by atoms with Crippen LogP contribution in [0.25, 0.3) is 0 Å². The number of hydrogen-bond donors (Lipinski definition) is 2. The summed E-state index contributed by atoms with van der Waals surface area (Å²) >= 11 is 0. The Kier molecular flexibility index (Phi) is 3.27. The molecule has 0 aromatic carbocycles. The van der Waals surface area contributed by atoms with Crippen LogP contribution in [0.4, 0.5) is 0 Å². The van der Waals surface area contributed by atoms with E-state index in [2.05, 4.69) is 0 Å². The van der Waals surface area contributed by atoms with Crippen molar-refractivity contribution in [2.45, 2.75) is 31.7 Å². The van der Waals surface area contributed by atoms with Crippen LogP contribution in [0.3, 0.4) is 0 Å². The lowest BCUT2D eigenvalue weighted by Crippen LogP contribution is -2.17. The average molecular weight is 207 g/mol. The Bertz CT molecular complexity index is 245. The minimum Gasteiger partial charge on any atom is -0.776 e. The molecule has 2 unspecified atom stereocenters. The molecule has 1 rings (SSSR count). The Balaban J connectivity index is 2.55. The van der Waals surface area contributed by atoms with Gasteiger partial charge in [0.1, 0.15) is 6.10 Å². The lowest BCUT2D eigenvalue weighted by molar-refractivity contribution is -0.189. The molecule has 1 saturated heterocycles. The molecule has 1 aliphatic heterocycles. The first-order valence-electron chi connectivity index (χ1n) is 3.95. The van der Waals surface area contributed by atoms with Gasteiger partial charge in [-0.25, -0.2) is 0 Å². The van der Waals surface area contributed by atoms with Crippen LogP contribution in [0, 0.1) is 0 Å². The van der Waals surface area contributed by atoms with Gasteiger partial charge in [-0.3, -0.25) is 0 Å². The maximum Gasteiger partial charge on any atom is 0.155 e. The van der Waals surface area contributed by atoms with E-state index in [1.54, 1.807) is 6.92 Å². The van der Waals surface area contributed by atoms with Crippen LogP contribution >= 0.6 is 7.60 Å². The molecular weight excluding hydrogens is 195 g/mol. The molecule has 1 aliphatic rings. The molecule has 1 fully saturated rings. The highest BCUT2D eigenvalue weighted by Gasteiger charge is 2.29. The van der Waals surface area contributed by atoms with Gasteiger partial charge in [0, 0.05) is 6.42 Å². The summed E-state index contributed by atoms with van der Waals surface area (Å²) < 4.78 is 15.5. The van der Waals surface area contributed by atoms with Gasteiger partial charge in [0.25, 0.3) is 0 Å². The predicted molar refractivity (Wildman–Crippen MR) is 43.9 cm³/mol. The SMILES string of the molecule is C[C@H]1CC(O)[C@@H](/C=C/P(=O)([O-])O)O1. The van der Waals surface area contributed by atoms with Crippen LogP contribution in [-0.4, -0.2) is 28.3 Å². The summed E-state index contributed by atoms with van der Waals surface area (Å²) in [6.07, 6.45) is 0.211. The van der Waals surface area contributed by atoms with Gasteiger partial charge in [-0.1, -0.05) is 0 Å². The molecule has 0 aromatic rings. The Morgan fingerprint density at radius 1 is 1.69 bits per heavy atom. The molecule has 0 radical (unpaired) electrons. The van der Waals surface area contributed by atoms with E-state index in [1.165, 1.54) is 0 Å². The minimum atomic E-state index is -4.39. The smallest absolute Gasteiger partial charge is 0.155 e. The molecule has 1 heterocycles. The average Bonchev–Trinajstić information content (AvgIpc) is 2.24. The second-order valence-electron chi connectivity index (χ2n) is 3.12. The topological polar surface area (TPSA) is 89.8 Å². The first kappa shape index (κ1) is 10.9. The van der Waals surface area contributed by atoms with Crippen molar-refractivity contribution >= 4 is 7.60 Å². The molecule has 2 N–H and O–H groups in total. The zero-order valence-corrected chi connectivity index (χ0v) is 8.05. The minimum absolute atomic E-state index is 0.0885. The highest BCUT2D eigenvalue weighted by Crippen LogP contribution is 2.32. The van der Waals surface area contributed by atoms with Gasteiger partial charge in [-0.05, 0) is 18.8 Å². The van der Waals surface area contributed by atoms with E-state index in [0.717, 1.165) is 6.08 Å². The zero-order chi connectivity index (χ0) is 10.1. The van der Waals surface area contributed by atoms with Crippen LogP contribution in [-0.2, 0) is 9.30 Å². The summed E-state index contributed by atoms with van der Waals surface area (Å²) in [5.74, 6) is 0.652. The van der Waals surface area contributed by atoms with Gasteiger partial charge in [-0.15, -0.1) is 0 Å². The molecule has 4 atom stereocenters. The lowest BCUT2D eigenvalue weighted by Gasteiger charge is -2.12. The van der Waals surface area contributed by atoms with Gasteiger partial charge in [0.05, 0.1) is 12.2 Å². The third-order valence-electron chi connectivity index (χ3n) is 1.81. The van der Waals surface area contributed by atoms with E-state index < -0.39 is 19.8 Å². The summed E-state index contributed by atoms with van der Waals surface area (Å²) in [5, 5.41) is 9.31. The van der Waals surface area contributed by atoms with Crippen molar-refractivity contribution in [1.29, 1.82) is 0 Å². The van der Waals surface area contributed by atoms with Gasteiger partial charge in [-0.2, -0.15) is 0 Å². The highest BCUT2D eigenvalue weighted by atomic mass is 31.2. The predicted octanol–water partition coefficient (Wildman–Crippen LogP) is -0.416. The van der Waals surface area contributed by atoms with E-state index in [1.807, 2.05) is 0 Å². The van der Waals surface area contributed by atoms with E-state index in [4.69, 9.17) is 9.63 Å². The first-order valence-corrected chi connectivity index (χ1v) is 5.59. The highest BCUT2D eigenvalue weighted by molar-refractivity contribution is 7.53. The van der Waals surface area contributed by atoms with Crippen molar-refractivity contribution in [2.24, 2.45) is 0 Å². The monoisotopic (exact) mass is 207 g/mol. The van der Waals surface area contributed by atoms with Crippen molar-refractivity contribution in [3.05, 3.63) is 11.9 Å². The van der Waals surface area contributed by atoms with Crippen LogP contribution in [0.5, 0.6) is 0 Å². The summed E-state index contributed by atoms with van der Waals surface area (Å²) in [6, 6.07) is 0. The lowest BCUT2D eigenvalue weighted by atomic mass is 10.1. The fourth-order valence-electron chi connectivity index (χ4n) is 1.26. The van der Waals surface area contributed by atoms with Gasteiger partial charge < -0.3 is 24.2 Å². The summed E-state index contributed by atoms with van der Waals surface area (Å²) in [6.45, 7) is 1.78. The summed E-state index contributed by atoms with van der Waals surface area (Å²) in [5.41, 5.74) is 0. The normalized spacial score (nSPS) is 39.5. The molecule has 0 amide bonds. The Labute approximate surface area is 76.2 Å². The second kappa shape index (κ2) is 3.90. The fraction of sp³-hybridized carbons (Fsp3) is 0.714. The number of aliphatic hydroxyl groups excluding tert-OH is 1. The van der Waals surface area contributed by atoms with Crippen molar-refractivity contribution in [3.8, 4) is 0 Å². The molecule has 0 spiro atoms. The molecule has 13 heavy (non-hydrogen) atoms. The molecule has 0 bridgehead atoms. The number of rotatable bonds is 2. The van der Waals surface area contributed by atoms with E-state index >= 15 is 0 Å². The van der Waals surface area contributed by atoms with Crippen molar-refractivity contribution in [3.63, 3.8) is 0 Å². The Morgan fingerprint density at radius 3 is 2.69 bits per heavy atom. The zero-order valence-electron chi connectivity index (χ0n) is 7.16. The maximum atomic E-state index is 10.3. The van der Waals surface area contributed by atoms with Crippen LogP contribution in [0.1, 0.15) is 13.3 Å². The van der Waals surface area contributed by atoms with Crippen molar-refractivity contribution < 1.29 is 24.2 Å².